The normalized spacial score (nSPS) is 38.1. The van der Waals surface area contributed by atoms with E-state index in [2.05, 4.69) is 10.3 Å². The Balaban J connectivity index is 1.96. The number of benzene rings is 1. The van der Waals surface area contributed by atoms with Gasteiger partial charge in [0.15, 0.2) is 17.6 Å². The summed E-state index contributed by atoms with van der Waals surface area (Å²) >= 11 is 0. The number of fused-ring (bicyclic) bond motifs is 1. The number of para-hydroxylation sites is 2. The van der Waals surface area contributed by atoms with E-state index in [0.29, 0.717) is 0 Å². The monoisotopic (exact) mass is 211 g/mol. The Bertz CT molecular complexity index is 679. The molecule has 2 heterocycles. The highest BCUT2D eigenvalue weighted by molar-refractivity contribution is 5.88. The zero-order valence-electron chi connectivity index (χ0n) is 14.6. The highest BCUT2D eigenvalue weighted by atomic mass is 16.6. The van der Waals surface area contributed by atoms with E-state index in [1.807, 2.05) is 0 Å². The first-order valence-corrected chi connectivity index (χ1v) is 4.40. The third kappa shape index (κ3) is 1.52. The van der Waals surface area contributed by atoms with E-state index in [1.165, 1.54) is 0 Å². The highest BCUT2D eigenvalue weighted by Gasteiger charge is 2.26. The Morgan fingerprint density at radius 2 is 2.33 bits per heavy atom. The fraction of sp³-hybridized carbons (Fsp3) is 0.364. The SMILES string of the molecule is [2H]c1c([2H])c([2H])c2c(c1[2H])OC[C@H](C1=NC([2H])([2H])C([2H])N1)O2. The standard InChI is InChI=1S/C11H12N2O2/c1-2-4-9-8(3-1)14-7-10(15-9)11-12-5-6-13-11/h1-4,10H,5-7H2,(H,12,13)/t10-/m1/s1/i1D,2D,3D,4D,5D,6D2/t5?,10-. The van der Waals surface area contributed by atoms with Crippen LogP contribution >= 0.6 is 0 Å². The van der Waals surface area contributed by atoms with Gasteiger partial charge in [0.25, 0.3) is 0 Å². The second-order valence-corrected chi connectivity index (χ2v) is 2.99. The van der Waals surface area contributed by atoms with Gasteiger partial charge in [0.1, 0.15) is 12.4 Å². The van der Waals surface area contributed by atoms with Gasteiger partial charge in [-0.15, -0.1) is 0 Å². The molecule has 0 aromatic heterocycles. The smallest absolute Gasteiger partial charge is 0.189 e. The number of nitrogens with one attached hydrogen (secondary N) is 1. The van der Waals surface area contributed by atoms with Gasteiger partial charge in [-0.3, -0.25) is 4.99 Å². The predicted molar refractivity (Wildman–Crippen MR) is 56.7 cm³/mol. The maximum absolute atomic E-state index is 7.82. The van der Waals surface area contributed by atoms with Crippen molar-refractivity contribution in [3.05, 3.63) is 24.2 Å². The summed E-state index contributed by atoms with van der Waals surface area (Å²) in [5.74, 6) is -0.130. The van der Waals surface area contributed by atoms with Crippen molar-refractivity contribution in [1.29, 1.82) is 0 Å². The fourth-order valence-electron chi connectivity index (χ4n) is 1.35. The molecule has 3 rings (SSSR count). The first-order chi connectivity index (χ1) is 10.2. The second-order valence-electron chi connectivity index (χ2n) is 2.99. The van der Waals surface area contributed by atoms with E-state index in [9.17, 15) is 0 Å². The lowest BCUT2D eigenvalue weighted by molar-refractivity contribution is 0.133. The van der Waals surface area contributed by atoms with Gasteiger partial charge in [-0.25, -0.2) is 0 Å². The average Bonchev–Trinajstić information content (AvgIpc) is 2.76. The molecule has 1 aromatic carbocycles. The molecule has 1 aromatic rings. The van der Waals surface area contributed by atoms with Crippen LogP contribution in [0.3, 0.4) is 0 Å². The lowest BCUT2D eigenvalue weighted by atomic mass is 10.2. The van der Waals surface area contributed by atoms with Crippen molar-refractivity contribution < 1.29 is 19.1 Å². The molecule has 78 valence electrons. The number of nitrogens with zero attached hydrogens (tertiary/aromatic N) is 1. The molecule has 0 bridgehead atoms. The summed E-state index contributed by atoms with van der Waals surface area (Å²) in [6.07, 6.45) is -0.864. The molecule has 0 radical (unpaired) electrons. The minimum absolute atomic E-state index is 0.0775. The minimum atomic E-state index is -2.09. The molecule has 0 aliphatic carbocycles. The van der Waals surface area contributed by atoms with E-state index < -0.39 is 31.2 Å². The molecule has 2 atom stereocenters. The van der Waals surface area contributed by atoms with Crippen LogP contribution in [0.2, 0.25) is 0 Å². The van der Waals surface area contributed by atoms with Gasteiger partial charge in [0.05, 0.1) is 16.1 Å². The number of hydrogen-bond acceptors (Lipinski definition) is 4. The lowest BCUT2D eigenvalue weighted by Gasteiger charge is -2.26. The van der Waals surface area contributed by atoms with E-state index >= 15 is 0 Å². The van der Waals surface area contributed by atoms with Gasteiger partial charge in [-0.05, 0) is 12.1 Å². The van der Waals surface area contributed by atoms with Crippen molar-refractivity contribution >= 4 is 5.84 Å². The van der Waals surface area contributed by atoms with Crippen molar-refractivity contribution in [2.45, 2.75) is 6.10 Å². The topological polar surface area (TPSA) is 42.8 Å². The molecule has 4 heteroatoms. The van der Waals surface area contributed by atoms with E-state index in [-0.39, 0.29) is 36.0 Å². The quantitative estimate of drug-likeness (QED) is 0.748. The molecule has 4 nitrogen and oxygen atoms in total. The summed E-state index contributed by atoms with van der Waals surface area (Å²) in [5.41, 5.74) is 0. The van der Waals surface area contributed by atoms with Gasteiger partial charge in [-0.2, -0.15) is 0 Å². The Morgan fingerprint density at radius 1 is 1.47 bits per heavy atom. The first-order valence-electron chi connectivity index (χ1n) is 7.98. The lowest BCUT2D eigenvalue weighted by Crippen LogP contribution is -2.42. The van der Waals surface area contributed by atoms with Crippen LogP contribution in [0.1, 0.15) is 9.60 Å². The molecule has 0 fully saturated rings. The number of ether oxygens (including phenoxy) is 2. The van der Waals surface area contributed by atoms with Crippen LogP contribution < -0.4 is 14.8 Å². The number of amidine groups is 1. The zero-order valence-corrected chi connectivity index (χ0v) is 7.63. The Hall–Kier alpha value is -1.71. The zero-order chi connectivity index (χ0) is 16.2. The molecule has 0 saturated carbocycles. The Kier molecular flexibility index (Phi) is 0.931. The van der Waals surface area contributed by atoms with Gasteiger partial charge in [0, 0.05) is 6.52 Å². The molecule has 2 aliphatic rings. The molecule has 1 unspecified atom stereocenters. The van der Waals surface area contributed by atoms with Crippen LogP contribution in [-0.2, 0) is 0 Å². The van der Waals surface area contributed by atoms with Crippen LogP contribution in [0, 0.1) is 0 Å². The van der Waals surface area contributed by atoms with Crippen molar-refractivity contribution in [2.24, 2.45) is 4.99 Å². The van der Waals surface area contributed by atoms with Crippen molar-refractivity contribution in [2.75, 3.05) is 19.6 Å². The van der Waals surface area contributed by atoms with E-state index in [4.69, 9.17) is 19.1 Å². The molecule has 0 spiro atoms. The van der Waals surface area contributed by atoms with Crippen molar-refractivity contribution in [3.8, 4) is 11.5 Å². The predicted octanol–water partition coefficient (Wildman–Crippen LogP) is 0.828. The second kappa shape index (κ2) is 3.46. The Morgan fingerprint density at radius 3 is 3.13 bits per heavy atom. The van der Waals surface area contributed by atoms with Gasteiger partial charge in [0.2, 0.25) is 0 Å². The molecular formula is C11H12N2O2. The van der Waals surface area contributed by atoms with Crippen molar-refractivity contribution in [3.63, 3.8) is 0 Å². The molecule has 0 amide bonds. The van der Waals surface area contributed by atoms with Crippen LogP contribution in [0.4, 0.5) is 0 Å². The molecule has 2 aliphatic heterocycles. The highest BCUT2D eigenvalue weighted by Crippen LogP contribution is 2.31. The van der Waals surface area contributed by atoms with Crippen LogP contribution in [0.15, 0.2) is 29.2 Å². The van der Waals surface area contributed by atoms with Crippen LogP contribution in [0.5, 0.6) is 11.5 Å². The number of rotatable bonds is 1. The first kappa shape index (κ1) is 4.04. The van der Waals surface area contributed by atoms with E-state index in [0.717, 1.165) is 0 Å². The maximum Gasteiger partial charge on any atom is 0.189 e. The summed E-state index contributed by atoms with van der Waals surface area (Å²) < 4.78 is 64.3. The summed E-state index contributed by atoms with van der Waals surface area (Å²) in [6.45, 7) is -3.45. The number of aliphatic imine (C=N–C) groups is 1. The number of hydrogen-bond donors (Lipinski definition) is 1. The van der Waals surface area contributed by atoms with Gasteiger partial charge in [-0.1, -0.05) is 12.1 Å². The summed E-state index contributed by atoms with van der Waals surface area (Å²) in [7, 11) is 0. The van der Waals surface area contributed by atoms with E-state index in [1.54, 1.807) is 0 Å². The van der Waals surface area contributed by atoms with Gasteiger partial charge >= 0.3 is 0 Å². The fourth-order valence-corrected chi connectivity index (χ4v) is 1.35. The summed E-state index contributed by atoms with van der Waals surface area (Å²) in [5, 5.41) is 2.55. The molecule has 15 heavy (non-hydrogen) atoms. The minimum Gasteiger partial charge on any atom is -0.485 e. The average molecular weight is 211 g/mol. The third-order valence-electron chi connectivity index (χ3n) is 2.03. The van der Waals surface area contributed by atoms with Crippen LogP contribution in [-0.4, -0.2) is 31.6 Å². The largest absolute Gasteiger partial charge is 0.485 e. The van der Waals surface area contributed by atoms with Crippen LogP contribution in [0.25, 0.3) is 0 Å². The Labute approximate surface area is 97.8 Å². The molecular weight excluding hydrogens is 192 g/mol. The van der Waals surface area contributed by atoms with Gasteiger partial charge < -0.3 is 14.8 Å². The maximum atomic E-state index is 7.82. The summed E-state index contributed by atoms with van der Waals surface area (Å²) in [4.78, 5) is 3.74. The van der Waals surface area contributed by atoms with Crippen molar-refractivity contribution in [1.82, 2.24) is 5.32 Å². The molecule has 0 saturated heterocycles. The third-order valence-corrected chi connectivity index (χ3v) is 2.03. The molecule has 1 N–H and O–H groups in total. The summed E-state index contributed by atoms with van der Waals surface area (Å²) in [6, 6.07) is -1.55.